The molecule has 10 rings (SSSR count). The summed E-state index contributed by atoms with van der Waals surface area (Å²) >= 11 is 0. The van der Waals surface area contributed by atoms with Gasteiger partial charge in [-0.2, -0.15) is 0 Å². The van der Waals surface area contributed by atoms with Gasteiger partial charge >= 0.3 is 0 Å². The Morgan fingerprint density at radius 3 is 1.75 bits per heavy atom. The molecule has 0 aliphatic carbocycles. The monoisotopic (exact) mass is 613 g/mol. The quantitative estimate of drug-likeness (QED) is 0.180. The SMILES string of the molecule is CC(C)c1cc2c3c(c1)-n1c4ccc(-c5ccccc5)cc4c4cc(-c5ccccc5)cc(c41)B3c1cc(-c3ccccc3)ccc1O2. The molecule has 0 N–H and O–H groups in total. The van der Waals surface area contributed by atoms with Crippen molar-refractivity contribution >= 4 is 44.9 Å². The van der Waals surface area contributed by atoms with E-state index >= 15 is 0 Å². The number of rotatable bonds is 4. The average Bonchev–Trinajstić information content (AvgIpc) is 3.48. The average molecular weight is 614 g/mol. The number of hydrogen-bond acceptors (Lipinski definition) is 1. The topological polar surface area (TPSA) is 14.2 Å². The second kappa shape index (κ2) is 10.4. The maximum atomic E-state index is 6.88. The van der Waals surface area contributed by atoms with Crippen LogP contribution in [0.2, 0.25) is 0 Å². The molecule has 226 valence electrons. The Bertz CT molecular complexity index is 2550. The van der Waals surface area contributed by atoms with E-state index in [0.717, 1.165) is 11.5 Å². The van der Waals surface area contributed by atoms with Crippen LogP contribution in [0.25, 0.3) is 60.9 Å². The Kier molecular flexibility index (Phi) is 5.90. The first-order valence-electron chi connectivity index (χ1n) is 16.9. The van der Waals surface area contributed by atoms with Gasteiger partial charge < -0.3 is 9.30 Å². The molecule has 0 fully saturated rings. The number of ether oxygens (including phenoxy) is 1. The predicted molar refractivity (Wildman–Crippen MR) is 202 cm³/mol. The molecule has 2 aliphatic heterocycles. The third-order valence-corrected chi connectivity index (χ3v) is 10.4. The van der Waals surface area contributed by atoms with Crippen molar-refractivity contribution in [1.29, 1.82) is 0 Å². The second-order valence-corrected chi connectivity index (χ2v) is 13.5. The highest BCUT2D eigenvalue weighted by Gasteiger charge is 2.41. The summed E-state index contributed by atoms with van der Waals surface area (Å²) in [6.07, 6.45) is 0. The Balaban J connectivity index is 1.34. The largest absolute Gasteiger partial charge is 0.458 e. The van der Waals surface area contributed by atoms with Gasteiger partial charge in [0.2, 0.25) is 0 Å². The Hall–Kier alpha value is -5.80. The van der Waals surface area contributed by atoms with E-state index in [4.69, 9.17) is 4.74 Å². The molecule has 48 heavy (non-hydrogen) atoms. The van der Waals surface area contributed by atoms with Gasteiger partial charge in [-0.15, -0.1) is 0 Å². The van der Waals surface area contributed by atoms with Gasteiger partial charge in [-0.25, -0.2) is 0 Å². The number of benzene rings is 7. The summed E-state index contributed by atoms with van der Waals surface area (Å²) in [7, 11) is 0. The summed E-state index contributed by atoms with van der Waals surface area (Å²) in [6.45, 7) is 4.57. The van der Waals surface area contributed by atoms with Crippen LogP contribution in [0.4, 0.5) is 0 Å². The number of hydrogen-bond donors (Lipinski definition) is 0. The summed E-state index contributed by atoms with van der Waals surface area (Å²) in [5.74, 6) is 2.26. The normalized spacial score (nSPS) is 12.7. The van der Waals surface area contributed by atoms with Crippen LogP contribution in [0, 0.1) is 0 Å². The van der Waals surface area contributed by atoms with E-state index in [1.165, 1.54) is 82.8 Å². The van der Waals surface area contributed by atoms with Crippen molar-refractivity contribution in [2.75, 3.05) is 0 Å². The van der Waals surface area contributed by atoms with E-state index in [1.54, 1.807) is 0 Å². The highest BCUT2D eigenvalue weighted by molar-refractivity contribution is 6.99. The smallest absolute Gasteiger partial charge is 0.256 e. The van der Waals surface area contributed by atoms with Gasteiger partial charge in [0.1, 0.15) is 11.5 Å². The third-order valence-electron chi connectivity index (χ3n) is 10.4. The van der Waals surface area contributed by atoms with E-state index in [2.05, 4.69) is 170 Å². The highest BCUT2D eigenvalue weighted by atomic mass is 16.5. The molecule has 0 unspecified atom stereocenters. The van der Waals surface area contributed by atoms with Gasteiger partial charge in [-0.3, -0.25) is 0 Å². The molecule has 2 aliphatic rings. The van der Waals surface area contributed by atoms with Crippen molar-refractivity contribution in [2.45, 2.75) is 19.8 Å². The van der Waals surface area contributed by atoms with Gasteiger partial charge in [-0.1, -0.05) is 129 Å². The fourth-order valence-electron chi connectivity index (χ4n) is 8.06. The molecular formula is C45H32BNO. The van der Waals surface area contributed by atoms with Gasteiger partial charge in [0.15, 0.2) is 0 Å². The zero-order valence-corrected chi connectivity index (χ0v) is 26.9. The lowest BCUT2D eigenvalue weighted by Gasteiger charge is -2.34. The molecule has 0 amide bonds. The van der Waals surface area contributed by atoms with E-state index in [1.807, 2.05) is 0 Å². The lowest BCUT2D eigenvalue weighted by Crippen LogP contribution is -2.58. The van der Waals surface area contributed by atoms with Crippen molar-refractivity contribution < 1.29 is 4.74 Å². The molecule has 0 radical (unpaired) electrons. The molecule has 2 nitrogen and oxygen atoms in total. The van der Waals surface area contributed by atoms with E-state index in [9.17, 15) is 0 Å². The fraction of sp³-hybridized carbons (Fsp3) is 0.0667. The zero-order valence-electron chi connectivity index (χ0n) is 26.9. The maximum absolute atomic E-state index is 6.88. The molecular weight excluding hydrogens is 581 g/mol. The molecule has 3 heteroatoms. The molecule has 7 aromatic carbocycles. The van der Waals surface area contributed by atoms with Crippen LogP contribution < -0.4 is 21.1 Å². The molecule has 3 heterocycles. The van der Waals surface area contributed by atoms with Crippen LogP contribution in [-0.2, 0) is 0 Å². The summed E-state index contributed by atoms with van der Waals surface area (Å²) in [6, 6.07) is 55.6. The molecule has 0 spiro atoms. The summed E-state index contributed by atoms with van der Waals surface area (Å²) < 4.78 is 9.41. The van der Waals surface area contributed by atoms with Crippen LogP contribution in [0.3, 0.4) is 0 Å². The maximum Gasteiger partial charge on any atom is 0.256 e. The van der Waals surface area contributed by atoms with Crippen molar-refractivity contribution in [2.24, 2.45) is 0 Å². The first-order chi connectivity index (χ1) is 23.6. The predicted octanol–water partition coefficient (Wildman–Crippen LogP) is 9.84. The summed E-state index contributed by atoms with van der Waals surface area (Å²) in [5.41, 5.74) is 16.1. The van der Waals surface area contributed by atoms with E-state index in [0.29, 0.717) is 5.92 Å². The lowest BCUT2D eigenvalue weighted by atomic mass is 9.34. The molecule has 8 aromatic rings. The van der Waals surface area contributed by atoms with Gasteiger partial charge in [0.25, 0.3) is 6.71 Å². The molecule has 0 bridgehead atoms. The lowest BCUT2D eigenvalue weighted by molar-refractivity contribution is 0.486. The summed E-state index contributed by atoms with van der Waals surface area (Å²) in [4.78, 5) is 0. The van der Waals surface area contributed by atoms with E-state index in [-0.39, 0.29) is 6.71 Å². The zero-order chi connectivity index (χ0) is 31.9. The van der Waals surface area contributed by atoms with E-state index < -0.39 is 0 Å². The standard InChI is InChI=1S/C45H32BNO/c1-28(2)34-26-41-44-43(27-34)48-42-21-19-33(30-14-8-4-9-15-30)24-38(42)46(44)39-25-35(31-16-10-5-11-17-31)23-37-36-22-32(29-12-6-3-7-13-29)18-20-40(36)47(41)45(37)39/h3-28H,1-2H3. The van der Waals surface area contributed by atoms with Gasteiger partial charge in [0, 0.05) is 22.0 Å². The van der Waals surface area contributed by atoms with Crippen LogP contribution >= 0.6 is 0 Å². The van der Waals surface area contributed by atoms with Crippen LogP contribution in [0.1, 0.15) is 25.3 Å². The van der Waals surface area contributed by atoms with Crippen molar-refractivity contribution in [3.8, 4) is 50.6 Å². The Morgan fingerprint density at radius 1 is 0.500 bits per heavy atom. The second-order valence-electron chi connectivity index (χ2n) is 13.5. The first-order valence-corrected chi connectivity index (χ1v) is 16.9. The van der Waals surface area contributed by atoms with Gasteiger partial charge in [0.05, 0.1) is 5.52 Å². The minimum Gasteiger partial charge on any atom is -0.458 e. The molecule has 0 saturated heterocycles. The minimum atomic E-state index is 0.0280. The Morgan fingerprint density at radius 2 is 1.08 bits per heavy atom. The minimum absolute atomic E-state index is 0.0280. The number of fused-ring (bicyclic) bond motifs is 7. The van der Waals surface area contributed by atoms with Crippen LogP contribution in [0.15, 0.2) is 152 Å². The van der Waals surface area contributed by atoms with Gasteiger partial charge in [-0.05, 0) is 97.6 Å². The number of aromatic nitrogens is 1. The molecule has 0 saturated carbocycles. The van der Waals surface area contributed by atoms with Crippen LogP contribution in [0.5, 0.6) is 11.5 Å². The fourth-order valence-corrected chi connectivity index (χ4v) is 8.06. The van der Waals surface area contributed by atoms with Crippen LogP contribution in [-0.4, -0.2) is 11.3 Å². The third kappa shape index (κ3) is 4.01. The van der Waals surface area contributed by atoms with Crippen molar-refractivity contribution in [3.05, 3.63) is 157 Å². The molecule has 1 aromatic heterocycles. The summed E-state index contributed by atoms with van der Waals surface area (Å²) in [5, 5.41) is 2.56. The van der Waals surface area contributed by atoms with Crippen molar-refractivity contribution in [1.82, 2.24) is 4.57 Å². The van der Waals surface area contributed by atoms with Crippen molar-refractivity contribution in [3.63, 3.8) is 0 Å². The highest BCUT2D eigenvalue weighted by Crippen LogP contribution is 2.41. The number of nitrogens with zero attached hydrogens (tertiary/aromatic N) is 1. The first kappa shape index (κ1) is 27.3. The Labute approximate surface area is 281 Å². The molecule has 0 atom stereocenters.